The molecule has 0 spiro atoms. The molecule has 6 heteroatoms. The summed E-state index contributed by atoms with van der Waals surface area (Å²) in [5, 5.41) is 11.8. The van der Waals surface area contributed by atoms with Crippen molar-refractivity contribution >= 4 is 34.9 Å². The first-order valence-electron chi connectivity index (χ1n) is 6.48. The fourth-order valence-electron chi connectivity index (χ4n) is 1.97. The Morgan fingerprint density at radius 2 is 1.80 bits per heavy atom. The number of likely N-dealkylation sites (N-methyl/N-ethyl adjacent to an activating group) is 1. The fourth-order valence-corrected chi connectivity index (χ4v) is 2.37. The van der Waals surface area contributed by atoms with Gasteiger partial charge in [-0.2, -0.15) is 0 Å². The number of carboxylic acids is 1. The maximum atomic E-state index is 11.0. The predicted octanol–water partition coefficient (Wildman–Crippen LogP) is 2.19. The van der Waals surface area contributed by atoms with Crippen molar-refractivity contribution in [3.63, 3.8) is 0 Å². The molecular weight excluding hydrogens is 299 g/mol. The number of alkyl halides is 2. The van der Waals surface area contributed by atoms with Crippen molar-refractivity contribution in [3.8, 4) is 0 Å². The number of hydrogen-bond donors (Lipinski definition) is 2. The normalized spacial score (nSPS) is 12.2. The maximum Gasteiger partial charge on any atom is 0.321 e. The van der Waals surface area contributed by atoms with E-state index in [9.17, 15) is 4.79 Å². The highest BCUT2D eigenvalue weighted by Gasteiger charge is 2.15. The summed E-state index contributed by atoms with van der Waals surface area (Å²) in [6.45, 7) is 1.48. The van der Waals surface area contributed by atoms with Gasteiger partial charge in [0.25, 0.3) is 0 Å². The number of carboxylic acid groups (broad SMARTS) is 1. The quantitative estimate of drug-likeness (QED) is 0.685. The van der Waals surface area contributed by atoms with Crippen molar-refractivity contribution in [1.82, 2.24) is 5.32 Å². The molecule has 0 heterocycles. The lowest BCUT2D eigenvalue weighted by Gasteiger charge is -2.23. The number of nitrogens with one attached hydrogen (secondary N) is 1. The Hall–Kier alpha value is -0.970. The Balaban J connectivity index is 2.73. The molecule has 0 amide bonds. The SMILES string of the molecule is CNC(Cc1ccc(N(CCCl)CCCl)cc1)C(=O)O. The van der Waals surface area contributed by atoms with Crippen molar-refractivity contribution in [2.24, 2.45) is 0 Å². The predicted molar refractivity (Wildman–Crippen MR) is 84.3 cm³/mol. The van der Waals surface area contributed by atoms with E-state index in [1.807, 2.05) is 24.3 Å². The van der Waals surface area contributed by atoms with Gasteiger partial charge < -0.3 is 15.3 Å². The summed E-state index contributed by atoms with van der Waals surface area (Å²) in [6.07, 6.45) is 0.455. The molecule has 4 nitrogen and oxygen atoms in total. The number of aliphatic carboxylic acids is 1. The highest BCUT2D eigenvalue weighted by molar-refractivity contribution is 6.18. The van der Waals surface area contributed by atoms with Gasteiger partial charge in [0.05, 0.1) is 0 Å². The van der Waals surface area contributed by atoms with Crippen LogP contribution >= 0.6 is 23.2 Å². The molecule has 0 fully saturated rings. The van der Waals surface area contributed by atoms with Gasteiger partial charge in [0.15, 0.2) is 0 Å². The second kappa shape index (κ2) is 9.06. The van der Waals surface area contributed by atoms with Gasteiger partial charge in [0.2, 0.25) is 0 Å². The molecule has 2 N–H and O–H groups in total. The summed E-state index contributed by atoms with van der Waals surface area (Å²) in [5.74, 6) is 0.237. The van der Waals surface area contributed by atoms with Gasteiger partial charge >= 0.3 is 5.97 Å². The topological polar surface area (TPSA) is 52.6 Å². The van der Waals surface area contributed by atoms with Gasteiger partial charge in [-0.15, -0.1) is 23.2 Å². The molecule has 20 heavy (non-hydrogen) atoms. The van der Waals surface area contributed by atoms with Crippen LogP contribution in [0.1, 0.15) is 5.56 Å². The van der Waals surface area contributed by atoms with Crippen LogP contribution in [0, 0.1) is 0 Å². The minimum atomic E-state index is -0.845. The first kappa shape index (κ1) is 17.1. The van der Waals surface area contributed by atoms with E-state index in [-0.39, 0.29) is 0 Å². The van der Waals surface area contributed by atoms with E-state index in [0.717, 1.165) is 24.3 Å². The van der Waals surface area contributed by atoms with Crippen molar-refractivity contribution in [3.05, 3.63) is 29.8 Å². The van der Waals surface area contributed by atoms with E-state index >= 15 is 0 Å². The van der Waals surface area contributed by atoms with Gasteiger partial charge in [-0.05, 0) is 31.2 Å². The van der Waals surface area contributed by atoms with Crippen LogP contribution in [0.2, 0.25) is 0 Å². The van der Waals surface area contributed by atoms with Gasteiger partial charge in [0, 0.05) is 30.5 Å². The summed E-state index contributed by atoms with van der Waals surface area (Å²) in [4.78, 5) is 13.1. The summed E-state index contributed by atoms with van der Waals surface area (Å²) < 4.78 is 0. The molecule has 0 aliphatic heterocycles. The monoisotopic (exact) mass is 318 g/mol. The third-order valence-electron chi connectivity index (χ3n) is 3.10. The van der Waals surface area contributed by atoms with Crippen LogP contribution in [0.25, 0.3) is 0 Å². The third-order valence-corrected chi connectivity index (χ3v) is 3.43. The molecule has 0 aliphatic carbocycles. The number of hydrogen-bond acceptors (Lipinski definition) is 3. The number of carbonyl (C=O) groups is 1. The van der Waals surface area contributed by atoms with Crippen LogP contribution in [-0.4, -0.2) is 49.0 Å². The molecule has 1 aromatic rings. The van der Waals surface area contributed by atoms with E-state index < -0.39 is 12.0 Å². The zero-order chi connectivity index (χ0) is 15.0. The highest BCUT2D eigenvalue weighted by Crippen LogP contribution is 2.16. The number of benzene rings is 1. The molecular formula is C14H20Cl2N2O2. The van der Waals surface area contributed by atoms with Crippen molar-refractivity contribution in [2.75, 3.05) is 36.8 Å². The largest absolute Gasteiger partial charge is 0.480 e. The van der Waals surface area contributed by atoms with E-state index in [0.29, 0.717) is 18.2 Å². The van der Waals surface area contributed by atoms with Gasteiger partial charge in [-0.1, -0.05) is 12.1 Å². The first-order valence-corrected chi connectivity index (χ1v) is 7.55. The Morgan fingerprint density at radius 1 is 1.25 bits per heavy atom. The number of anilines is 1. The van der Waals surface area contributed by atoms with E-state index in [4.69, 9.17) is 28.3 Å². The van der Waals surface area contributed by atoms with Gasteiger partial charge in [-0.3, -0.25) is 4.79 Å². The standard InChI is InChI=1S/C14H20Cl2N2O2/c1-17-13(14(19)20)10-11-2-4-12(5-3-11)18(8-6-15)9-7-16/h2-5,13,17H,6-10H2,1H3,(H,19,20). The molecule has 0 aromatic heterocycles. The zero-order valence-electron chi connectivity index (χ0n) is 11.5. The molecule has 0 radical (unpaired) electrons. The summed E-state index contributed by atoms with van der Waals surface area (Å²) >= 11 is 11.6. The second-order valence-corrected chi connectivity index (χ2v) is 5.17. The average Bonchev–Trinajstić information content (AvgIpc) is 2.45. The average molecular weight is 319 g/mol. The molecule has 1 atom stereocenters. The highest BCUT2D eigenvalue weighted by atomic mass is 35.5. The second-order valence-electron chi connectivity index (χ2n) is 4.42. The Labute approximate surface area is 129 Å². The number of nitrogens with zero attached hydrogens (tertiary/aromatic N) is 1. The molecule has 0 bridgehead atoms. The first-order chi connectivity index (χ1) is 9.62. The molecule has 1 unspecified atom stereocenters. The zero-order valence-corrected chi connectivity index (χ0v) is 13.0. The minimum absolute atomic E-state index is 0.455. The van der Waals surface area contributed by atoms with Crippen LogP contribution in [0.15, 0.2) is 24.3 Å². The molecule has 0 saturated carbocycles. The van der Waals surface area contributed by atoms with E-state index in [1.165, 1.54) is 0 Å². The lowest BCUT2D eigenvalue weighted by atomic mass is 10.1. The summed E-state index contributed by atoms with van der Waals surface area (Å²) in [6, 6.07) is 7.27. The molecule has 0 saturated heterocycles. The van der Waals surface area contributed by atoms with Crippen LogP contribution in [0.5, 0.6) is 0 Å². The van der Waals surface area contributed by atoms with Gasteiger partial charge in [0.1, 0.15) is 6.04 Å². The smallest absolute Gasteiger partial charge is 0.321 e. The number of halogens is 2. The summed E-state index contributed by atoms with van der Waals surface area (Å²) in [7, 11) is 1.65. The van der Waals surface area contributed by atoms with E-state index in [2.05, 4.69) is 10.2 Å². The summed E-state index contributed by atoms with van der Waals surface area (Å²) in [5.41, 5.74) is 2.03. The third kappa shape index (κ3) is 5.19. The van der Waals surface area contributed by atoms with Crippen molar-refractivity contribution in [1.29, 1.82) is 0 Å². The molecule has 1 rings (SSSR count). The van der Waals surface area contributed by atoms with Crippen molar-refractivity contribution in [2.45, 2.75) is 12.5 Å². The Morgan fingerprint density at radius 3 is 2.20 bits per heavy atom. The lowest BCUT2D eigenvalue weighted by Crippen LogP contribution is -2.35. The van der Waals surface area contributed by atoms with Crippen LogP contribution in [0.4, 0.5) is 5.69 Å². The van der Waals surface area contributed by atoms with Crippen LogP contribution in [-0.2, 0) is 11.2 Å². The maximum absolute atomic E-state index is 11.0. The van der Waals surface area contributed by atoms with Gasteiger partial charge in [-0.25, -0.2) is 0 Å². The molecule has 0 aliphatic rings. The van der Waals surface area contributed by atoms with Crippen molar-refractivity contribution < 1.29 is 9.90 Å². The lowest BCUT2D eigenvalue weighted by molar-refractivity contribution is -0.139. The minimum Gasteiger partial charge on any atom is -0.480 e. The van der Waals surface area contributed by atoms with E-state index in [1.54, 1.807) is 7.05 Å². The molecule has 1 aromatic carbocycles. The Bertz CT molecular complexity index is 406. The van der Waals surface area contributed by atoms with Crippen LogP contribution < -0.4 is 10.2 Å². The fraction of sp³-hybridized carbons (Fsp3) is 0.500. The number of rotatable bonds is 9. The van der Waals surface area contributed by atoms with Crippen LogP contribution in [0.3, 0.4) is 0 Å². The Kier molecular flexibility index (Phi) is 7.73. The molecule has 112 valence electrons.